The number of nitrogen functional groups attached to an aromatic ring is 1. The first-order valence-corrected chi connectivity index (χ1v) is 7.78. The molecule has 1 aromatic heterocycles. The predicted molar refractivity (Wildman–Crippen MR) is 89.0 cm³/mol. The molecule has 2 aromatic rings. The maximum absolute atomic E-state index is 12.2. The molecule has 0 saturated heterocycles. The van der Waals surface area contributed by atoms with E-state index in [-0.39, 0.29) is 11.6 Å². The van der Waals surface area contributed by atoms with E-state index in [1.54, 1.807) is 0 Å². The summed E-state index contributed by atoms with van der Waals surface area (Å²) in [5.41, 5.74) is 0.894. The fraction of sp³-hybridized carbons (Fsp3) is 0.438. The van der Waals surface area contributed by atoms with E-state index in [4.69, 9.17) is 10.6 Å². The fourth-order valence-electron chi connectivity index (χ4n) is 2.22. The highest BCUT2D eigenvalue weighted by molar-refractivity contribution is 5.20. The monoisotopic (exact) mass is 317 g/mol. The summed E-state index contributed by atoms with van der Waals surface area (Å²) in [7, 11) is 0. The van der Waals surface area contributed by atoms with Gasteiger partial charge in [0, 0.05) is 13.0 Å². The number of ether oxygens (including phenoxy) is 1. The molecule has 0 amide bonds. The molecule has 0 aliphatic rings. The van der Waals surface area contributed by atoms with Crippen molar-refractivity contribution in [2.24, 2.45) is 0 Å². The van der Waals surface area contributed by atoms with E-state index in [2.05, 4.69) is 28.9 Å². The second-order valence-electron chi connectivity index (χ2n) is 5.14. The van der Waals surface area contributed by atoms with Gasteiger partial charge >= 0.3 is 6.01 Å². The van der Waals surface area contributed by atoms with Crippen LogP contribution in [0, 0.1) is 0 Å². The van der Waals surface area contributed by atoms with Crippen molar-refractivity contribution in [3.63, 3.8) is 0 Å². The largest absolute Gasteiger partial charge is 0.461 e. The van der Waals surface area contributed by atoms with Gasteiger partial charge in [0.25, 0.3) is 5.56 Å². The Hall–Kier alpha value is -2.41. The summed E-state index contributed by atoms with van der Waals surface area (Å²) in [6, 6.07) is 9.64. The second kappa shape index (κ2) is 8.28. The number of rotatable bonds is 8. The third-order valence-corrected chi connectivity index (χ3v) is 3.68. The zero-order valence-corrected chi connectivity index (χ0v) is 13.6. The Bertz CT molecular complexity index is 668. The molecule has 23 heavy (non-hydrogen) atoms. The van der Waals surface area contributed by atoms with Crippen LogP contribution in [0.4, 0.5) is 0 Å². The molecule has 0 atom stereocenters. The van der Waals surface area contributed by atoms with Gasteiger partial charge in [-0.3, -0.25) is 4.79 Å². The van der Waals surface area contributed by atoms with Gasteiger partial charge in [-0.15, -0.1) is 5.10 Å². The lowest BCUT2D eigenvalue weighted by molar-refractivity contribution is 0.205. The second-order valence-corrected chi connectivity index (χ2v) is 5.14. The van der Waals surface area contributed by atoms with Crippen LogP contribution in [0.15, 0.2) is 35.1 Å². The van der Waals surface area contributed by atoms with Crippen LogP contribution in [0.3, 0.4) is 0 Å². The maximum Gasteiger partial charge on any atom is 0.337 e. The molecule has 2 N–H and O–H groups in total. The summed E-state index contributed by atoms with van der Waals surface area (Å²) in [6.45, 7) is 7.20. The van der Waals surface area contributed by atoms with Gasteiger partial charge in [-0.2, -0.15) is 4.68 Å². The zero-order chi connectivity index (χ0) is 16.7. The topological polar surface area (TPSA) is 86.3 Å². The van der Waals surface area contributed by atoms with Crippen molar-refractivity contribution < 1.29 is 4.74 Å². The molecule has 1 aromatic carbocycles. The van der Waals surface area contributed by atoms with Gasteiger partial charge in [0.1, 0.15) is 12.3 Å². The normalized spacial score (nSPS) is 10.9. The van der Waals surface area contributed by atoms with Gasteiger partial charge in [0.2, 0.25) is 0 Å². The summed E-state index contributed by atoms with van der Waals surface area (Å²) in [5, 5.41) is 7.90. The molecule has 0 spiro atoms. The van der Waals surface area contributed by atoms with Crippen LogP contribution < -0.4 is 16.1 Å². The van der Waals surface area contributed by atoms with E-state index in [1.165, 1.54) is 0 Å². The Kier molecular flexibility index (Phi) is 6.10. The van der Waals surface area contributed by atoms with Crippen molar-refractivity contribution in [1.29, 1.82) is 0 Å². The molecule has 1 heterocycles. The Morgan fingerprint density at radius 2 is 1.87 bits per heavy atom. The fourth-order valence-corrected chi connectivity index (χ4v) is 2.22. The van der Waals surface area contributed by atoms with Gasteiger partial charge in [0.15, 0.2) is 0 Å². The van der Waals surface area contributed by atoms with E-state index in [0.29, 0.717) is 18.7 Å². The maximum atomic E-state index is 12.2. The number of hydrogen-bond acceptors (Lipinski definition) is 6. The molecule has 7 nitrogen and oxygen atoms in total. The van der Waals surface area contributed by atoms with Crippen LogP contribution in [0.25, 0.3) is 0 Å². The van der Waals surface area contributed by atoms with E-state index in [1.807, 2.05) is 30.3 Å². The van der Waals surface area contributed by atoms with Crippen LogP contribution in [-0.2, 0) is 6.42 Å². The van der Waals surface area contributed by atoms with Crippen LogP contribution in [0.2, 0.25) is 0 Å². The van der Waals surface area contributed by atoms with Crippen molar-refractivity contribution in [2.75, 3.05) is 32.1 Å². The van der Waals surface area contributed by atoms with Crippen molar-refractivity contribution in [3.05, 3.63) is 51.9 Å². The number of benzene rings is 1. The summed E-state index contributed by atoms with van der Waals surface area (Å²) in [6.07, 6.45) is 0.392. The Morgan fingerprint density at radius 1 is 1.17 bits per heavy atom. The first kappa shape index (κ1) is 17.0. The third kappa shape index (κ3) is 4.53. The average Bonchev–Trinajstić information content (AvgIpc) is 2.58. The third-order valence-electron chi connectivity index (χ3n) is 3.68. The Labute approximate surface area is 135 Å². The van der Waals surface area contributed by atoms with Gasteiger partial charge in [-0.25, -0.2) is 0 Å². The molecule has 7 heteroatoms. The van der Waals surface area contributed by atoms with Crippen molar-refractivity contribution in [3.8, 4) is 6.01 Å². The minimum atomic E-state index is -0.387. The number of nitrogens with two attached hydrogens (primary N) is 1. The highest BCUT2D eigenvalue weighted by Gasteiger charge is 2.12. The van der Waals surface area contributed by atoms with E-state index in [0.717, 1.165) is 29.9 Å². The van der Waals surface area contributed by atoms with E-state index in [9.17, 15) is 4.79 Å². The van der Waals surface area contributed by atoms with Crippen LogP contribution in [0.1, 0.15) is 25.1 Å². The summed E-state index contributed by atoms with van der Waals surface area (Å²) in [4.78, 5) is 14.5. The quantitative estimate of drug-likeness (QED) is 0.720. The minimum Gasteiger partial charge on any atom is -0.461 e. The predicted octanol–water partition coefficient (Wildman–Crippen LogP) is 0.664. The first-order chi connectivity index (χ1) is 11.2. The molecule has 0 saturated carbocycles. The minimum absolute atomic E-state index is 0.0407. The van der Waals surface area contributed by atoms with Crippen LogP contribution >= 0.6 is 0 Å². The molecular formula is C16H23N5O2. The Morgan fingerprint density at radius 3 is 2.52 bits per heavy atom. The summed E-state index contributed by atoms with van der Waals surface area (Å²) >= 11 is 0. The molecule has 0 aliphatic heterocycles. The standard InChI is InChI=1S/C16H23N5O2/c1-3-20(4-2)10-11-23-16-19-18-14(15(22)21(16)17)12-13-8-6-5-7-9-13/h5-9H,3-4,10-12,17H2,1-2H3. The van der Waals surface area contributed by atoms with Crippen molar-refractivity contribution in [1.82, 2.24) is 19.8 Å². The molecule has 0 radical (unpaired) electrons. The van der Waals surface area contributed by atoms with Gasteiger partial charge < -0.3 is 15.5 Å². The number of nitrogens with zero attached hydrogens (tertiary/aromatic N) is 4. The average molecular weight is 317 g/mol. The SMILES string of the molecule is CCN(CC)CCOc1nnc(Cc2ccccc2)c(=O)n1N. The molecular weight excluding hydrogens is 294 g/mol. The van der Waals surface area contributed by atoms with Crippen molar-refractivity contribution >= 4 is 0 Å². The lowest BCUT2D eigenvalue weighted by Crippen LogP contribution is -2.35. The Balaban J connectivity index is 2.04. The van der Waals surface area contributed by atoms with E-state index < -0.39 is 0 Å². The van der Waals surface area contributed by atoms with Gasteiger partial charge in [-0.1, -0.05) is 49.3 Å². The molecule has 2 rings (SSSR count). The summed E-state index contributed by atoms with van der Waals surface area (Å²) < 4.78 is 6.40. The number of aromatic nitrogens is 3. The molecule has 0 aliphatic carbocycles. The smallest absolute Gasteiger partial charge is 0.337 e. The van der Waals surface area contributed by atoms with Gasteiger partial charge in [0.05, 0.1) is 0 Å². The molecule has 0 unspecified atom stereocenters. The zero-order valence-electron chi connectivity index (χ0n) is 13.6. The first-order valence-electron chi connectivity index (χ1n) is 7.78. The van der Waals surface area contributed by atoms with Crippen LogP contribution in [-0.4, -0.2) is 46.0 Å². The van der Waals surface area contributed by atoms with Crippen molar-refractivity contribution in [2.45, 2.75) is 20.3 Å². The molecule has 124 valence electrons. The highest BCUT2D eigenvalue weighted by Crippen LogP contribution is 2.05. The number of likely N-dealkylation sites (N-methyl/N-ethyl adjacent to an activating group) is 1. The van der Waals surface area contributed by atoms with Crippen LogP contribution in [0.5, 0.6) is 6.01 Å². The summed E-state index contributed by atoms with van der Waals surface area (Å²) in [5.74, 6) is 5.78. The van der Waals surface area contributed by atoms with E-state index >= 15 is 0 Å². The lowest BCUT2D eigenvalue weighted by Gasteiger charge is -2.18. The lowest BCUT2D eigenvalue weighted by atomic mass is 10.1. The highest BCUT2D eigenvalue weighted by atomic mass is 16.5. The molecule has 0 fully saturated rings. The molecule has 0 bridgehead atoms. The number of hydrogen-bond donors (Lipinski definition) is 1. The van der Waals surface area contributed by atoms with Gasteiger partial charge in [-0.05, 0) is 18.7 Å².